The maximum atomic E-state index is 11.5. The van der Waals surface area contributed by atoms with Gasteiger partial charge in [0.1, 0.15) is 0 Å². The van der Waals surface area contributed by atoms with Crippen molar-refractivity contribution in [2.45, 2.75) is 7.43 Å². The maximum absolute atomic E-state index is 11.5. The lowest BCUT2D eigenvalue weighted by molar-refractivity contribution is -0.134. The number of carbonyl (C=O) groups is 1. The average Bonchev–Trinajstić information content (AvgIpc) is 2.56. The first-order chi connectivity index (χ1) is 10.7. The number of nitrogens with one attached hydrogen (secondary N) is 1. The molecule has 0 fully saturated rings. The van der Waals surface area contributed by atoms with Crippen LogP contribution in [0.25, 0.3) is 4.91 Å². The van der Waals surface area contributed by atoms with Crippen molar-refractivity contribution < 1.29 is 9.53 Å². The number of rotatable bonds is 5. The minimum atomic E-state index is -0.427. The van der Waals surface area contributed by atoms with Gasteiger partial charge in [0.05, 0.1) is 7.11 Å². The van der Waals surface area contributed by atoms with Crippen molar-refractivity contribution in [1.29, 1.82) is 0 Å². The van der Waals surface area contributed by atoms with E-state index in [9.17, 15) is 4.79 Å². The number of thiol groups is 1. The summed E-state index contributed by atoms with van der Waals surface area (Å²) < 4.78 is 4.70. The van der Waals surface area contributed by atoms with E-state index in [4.69, 9.17) is 4.74 Å². The van der Waals surface area contributed by atoms with E-state index in [2.05, 4.69) is 17.9 Å². The van der Waals surface area contributed by atoms with Crippen molar-refractivity contribution in [1.82, 2.24) is 0 Å². The summed E-state index contributed by atoms with van der Waals surface area (Å²) >= 11 is 4.51. The lowest BCUT2D eigenvalue weighted by Crippen LogP contribution is -2.03. The fraction of sp³-hybridized carbons (Fsp3) is 0.105. The summed E-state index contributed by atoms with van der Waals surface area (Å²) in [6.45, 7) is 0. The molecular weight excluding hydrogens is 306 g/mol. The lowest BCUT2D eigenvalue weighted by Gasteiger charge is -2.09. The van der Waals surface area contributed by atoms with Gasteiger partial charge in [0.25, 0.3) is 0 Å². The molecule has 1 N–H and O–H groups in total. The SMILES string of the molecule is C.COC(=O)/C=C(/C=C(\S)c1ccccc1)Nc1ccccc1. The van der Waals surface area contributed by atoms with Gasteiger partial charge in [-0.2, -0.15) is 0 Å². The van der Waals surface area contributed by atoms with Gasteiger partial charge in [0, 0.05) is 22.4 Å². The molecular formula is C19H21NO2S. The molecule has 0 saturated carbocycles. The Bertz CT molecular complexity index is 679. The normalized spacial score (nSPS) is 11.4. The van der Waals surface area contributed by atoms with Crippen LogP contribution in [0.4, 0.5) is 5.69 Å². The summed E-state index contributed by atoms with van der Waals surface area (Å²) in [5.74, 6) is -0.427. The molecule has 0 aliphatic heterocycles. The van der Waals surface area contributed by atoms with E-state index in [1.807, 2.05) is 60.7 Å². The van der Waals surface area contributed by atoms with Crippen LogP contribution in [0.5, 0.6) is 0 Å². The second kappa shape index (κ2) is 9.54. The second-order valence-corrected chi connectivity index (χ2v) is 4.99. The molecule has 2 aromatic carbocycles. The van der Waals surface area contributed by atoms with Gasteiger partial charge in [-0.05, 0) is 23.8 Å². The molecule has 0 atom stereocenters. The van der Waals surface area contributed by atoms with Crippen LogP contribution in [-0.4, -0.2) is 13.1 Å². The quantitative estimate of drug-likeness (QED) is 0.360. The number of methoxy groups -OCH3 is 1. The molecule has 0 amide bonds. The number of anilines is 1. The van der Waals surface area contributed by atoms with Gasteiger partial charge in [0.15, 0.2) is 0 Å². The van der Waals surface area contributed by atoms with Crippen molar-refractivity contribution in [2.24, 2.45) is 0 Å². The van der Waals surface area contributed by atoms with Gasteiger partial charge in [-0.25, -0.2) is 4.79 Å². The molecule has 0 radical (unpaired) electrons. The molecule has 2 aromatic rings. The topological polar surface area (TPSA) is 38.3 Å². The Morgan fingerprint density at radius 1 is 1.00 bits per heavy atom. The summed E-state index contributed by atoms with van der Waals surface area (Å²) in [5.41, 5.74) is 2.45. The van der Waals surface area contributed by atoms with E-state index in [1.54, 1.807) is 6.08 Å². The molecule has 0 spiro atoms. The predicted molar refractivity (Wildman–Crippen MR) is 100 cm³/mol. The Morgan fingerprint density at radius 2 is 1.57 bits per heavy atom. The number of ether oxygens (including phenoxy) is 1. The number of para-hydroxylation sites is 1. The first-order valence-corrected chi connectivity index (χ1v) is 7.21. The molecule has 0 aliphatic carbocycles. The third-order valence-electron chi connectivity index (χ3n) is 2.90. The summed E-state index contributed by atoms with van der Waals surface area (Å²) in [6, 6.07) is 19.3. The average molecular weight is 327 g/mol. The van der Waals surface area contributed by atoms with Crippen LogP contribution in [0.3, 0.4) is 0 Å². The summed E-state index contributed by atoms with van der Waals surface area (Å²) in [7, 11) is 1.35. The molecule has 120 valence electrons. The molecule has 4 heteroatoms. The van der Waals surface area contributed by atoms with E-state index >= 15 is 0 Å². The zero-order chi connectivity index (χ0) is 15.8. The number of allylic oxidation sites excluding steroid dienone is 1. The fourth-order valence-corrected chi connectivity index (χ4v) is 2.12. The van der Waals surface area contributed by atoms with Crippen molar-refractivity contribution in [2.75, 3.05) is 12.4 Å². The number of hydrogen-bond acceptors (Lipinski definition) is 4. The highest BCUT2D eigenvalue weighted by Crippen LogP contribution is 2.21. The molecule has 2 rings (SSSR count). The molecule has 0 bridgehead atoms. The van der Waals surface area contributed by atoms with Crippen LogP contribution < -0.4 is 5.32 Å². The van der Waals surface area contributed by atoms with Crippen molar-refractivity contribution >= 4 is 29.2 Å². The molecule has 0 heterocycles. The van der Waals surface area contributed by atoms with E-state index in [0.29, 0.717) is 5.70 Å². The van der Waals surface area contributed by atoms with Crippen LogP contribution in [0.15, 0.2) is 78.5 Å². The fourth-order valence-electron chi connectivity index (χ4n) is 1.83. The van der Waals surface area contributed by atoms with Gasteiger partial charge >= 0.3 is 5.97 Å². The molecule has 0 unspecified atom stereocenters. The smallest absolute Gasteiger partial charge is 0.332 e. The van der Waals surface area contributed by atoms with Gasteiger partial charge in [-0.1, -0.05) is 56.0 Å². The largest absolute Gasteiger partial charge is 0.466 e. The third kappa shape index (κ3) is 6.04. The molecule has 0 aliphatic rings. The molecule has 3 nitrogen and oxygen atoms in total. The number of hydrogen-bond donors (Lipinski definition) is 2. The summed E-state index contributed by atoms with van der Waals surface area (Å²) in [6.07, 6.45) is 3.19. The number of carbonyl (C=O) groups excluding carboxylic acids is 1. The van der Waals surface area contributed by atoms with Gasteiger partial charge in [0.2, 0.25) is 0 Å². The van der Waals surface area contributed by atoms with Crippen molar-refractivity contribution in [3.8, 4) is 0 Å². The third-order valence-corrected chi connectivity index (χ3v) is 3.29. The predicted octanol–water partition coefficient (Wildman–Crippen LogP) is 4.76. The monoisotopic (exact) mass is 327 g/mol. The van der Waals surface area contributed by atoms with Crippen LogP contribution >= 0.6 is 12.6 Å². The van der Waals surface area contributed by atoms with Gasteiger partial charge in [-0.15, -0.1) is 12.6 Å². The molecule has 0 saturated heterocycles. The maximum Gasteiger partial charge on any atom is 0.332 e. The summed E-state index contributed by atoms with van der Waals surface area (Å²) in [5, 5.41) is 3.18. The van der Waals surface area contributed by atoms with E-state index in [0.717, 1.165) is 16.2 Å². The van der Waals surface area contributed by atoms with E-state index in [-0.39, 0.29) is 7.43 Å². The van der Waals surface area contributed by atoms with Crippen LogP contribution in [-0.2, 0) is 9.53 Å². The van der Waals surface area contributed by atoms with Gasteiger partial charge < -0.3 is 10.1 Å². The van der Waals surface area contributed by atoms with Gasteiger partial charge in [-0.3, -0.25) is 0 Å². The Balaban J connectivity index is 0.00000264. The highest BCUT2D eigenvalue weighted by Gasteiger charge is 2.03. The van der Waals surface area contributed by atoms with Crippen LogP contribution in [0.1, 0.15) is 13.0 Å². The summed E-state index contributed by atoms with van der Waals surface area (Å²) in [4.78, 5) is 12.3. The Kier molecular flexibility index (Phi) is 7.71. The van der Waals surface area contributed by atoms with Crippen LogP contribution in [0, 0.1) is 0 Å². The Hall–Kier alpha value is -2.46. The minimum absolute atomic E-state index is 0. The zero-order valence-corrected chi connectivity index (χ0v) is 13.1. The molecule has 0 aromatic heterocycles. The first kappa shape index (κ1) is 18.6. The highest BCUT2D eigenvalue weighted by molar-refractivity contribution is 7.90. The van der Waals surface area contributed by atoms with E-state index < -0.39 is 5.97 Å². The standard InChI is InChI=1S/C18H17NO2S.CH4/c1-21-18(20)13-16(19-15-10-6-3-7-11-15)12-17(22)14-8-4-2-5-9-14;/h2-13,19,22H,1H3;1H4/b16-13-,17-12-;. The minimum Gasteiger partial charge on any atom is -0.466 e. The zero-order valence-electron chi connectivity index (χ0n) is 12.2. The lowest BCUT2D eigenvalue weighted by atomic mass is 10.2. The Labute approximate surface area is 143 Å². The van der Waals surface area contributed by atoms with E-state index in [1.165, 1.54) is 13.2 Å². The Morgan fingerprint density at radius 3 is 2.13 bits per heavy atom. The second-order valence-electron chi connectivity index (χ2n) is 4.51. The number of benzene rings is 2. The van der Waals surface area contributed by atoms with Crippen molar-refractivity contribution in [3.05, 3.63) is 84.1 Å². The number of esters is 1. The first-order valence-electron chi connectivity index (χ1n) is 6.77. The van der Waals surface area contributed by atoms with Crippen molar-refractivity contribution in [3.63, 3.8) is 0 Å². The highest BCUT2D eigenvalue weighted by atomic mass is 32.1. The molecule has 23 heavy (non-hydrogen) atoms. The van der Waals surface area contributed by atoms with Crippen LogP contribution in [0.2, 0.25) is 0 Å².